The van der Waals surface area contributed by atoms with Crippen molar-refractivity contribution in [1.82, 2.24) is 10.2 Å². The molecule has 0 aromatic carbocycles. The molecule has 0 aliphatic carbocycles. The van der Waals surface area contributed by atoms with Crippen molar-refractivity contribution in [3.8, 4) is 0 Å². The van der Waals surface area contributed by atoms with E-state index in [2.05, 4.69) is 21.2 Å². The molecule has 0 aliphatic heterocycles. The smallest absolute Gasteiger partial charge is 0.263 e. The molecule has 1 heterocycles. The number of likely N-dealkylation sites (N-methyl/N-ethyl adjacent to an activating group) is 1. The van der Waals surface area contributed by atoms with E-state index in [1.165, 1.54) is 11.3 Å². The summed E-state index contributed by atoms with van der Waals surface area (Å²) in [6.07, 6.45) is 0. The van der Waals surface area contributed by atoms with Crippen LogP contribution in [0.4, 0.5) is 0 Å². The van der Waals surface area contributed by atoms with E-state index in [4.69, 9.17) is 0 Å². The Morgan fingerprint density at radius 2 is 2.24 bits per heavy atom. The molecular weight excluding hydrogens is 304 g/mol. The fraction of sp³-hybridized carbons (Fsp3) is 0.455. The minimum Gasteiger partial charge on any atom is -0.344 e. The average Bonchev–Trinajstić information content (AvgIpc) is 2.73. The summed E-state index contributed by atoms with van der Waals surface area (Å²) < 4.78 is 0.753. The molecule has 1 atom stereocenters. The molecule has 1 aromatic heterocycles. The first-order chi connectivity index (χ1) is 7.97. The topological polar surface area (TPSA) is 49.4 Å². The number of nitrogens with one attached hydrogen (secondary N) is 1. The molecule has 94 valence electrons. The first-order valence-electron chi connectivity index (χ1n) is 5.26. The summed E-state index contributed by atoms with van der Waals surface area (Å²) in [4.78, 5) is 25.8. The SMILES string of the molecule is CCN(C)C(=O)C(C)NC(=O)c1sccc1Br. The summed E-state index contributed by atoms with van der Waals surface area (Å²) in [7, 11) is 1.71. The van der Waals surface area contributed by atoms with E-state index in [1.54, 1.807) is 18.9 Å². The Bertz CT molecular complexity index is 419. The predicted octanol–water partition coefficient (Wildman–Crippen LogP) is 2.11. The van der Waals surface area contributed by atoms with E-state index >= 15 is 0 Å². The van der Waals surface area contributed by atoms with Crippen LogP contribution in [-0.4, -0.2) is 36.3 Å². The number of carbonyl (C=O) groups excluding carboxylic acids is 2. The maximum absolute atomic E-state index is 11.9. The standard InChI is InChI=1S/C11H15BrN2O2S/c1-4-14(3)11(16)7(2)13-10(15)9-8(12)5-6-17-9/h5-7H,4H2,1-3H3,(H,13,15). The van der Waals surface area contributed by atoms with Gasteiger partial charge in [-0.1, -0.05) is 0 Å². The fourth-order valence-corrected chi connectivity index (χ4v) is 2.72. The highest BCUT2D eigenvalue weighted by Gasteiger charge is 2.20. The monoisotopic (exact) mass is 318 g/mol. The van der Waals surface area contributed by atoms with Gasteiger partial charge in [0.1, 0.15) is 10.9 Å². The quantitative estimate of drug-likeness (QED) is 0.924. The van der Waals surface area contributed by atoms with E-state index in [0.29, 0.717) is 11.4 Å². The van der Waals surface area contributed by atoms with E-state index in [9.17, 15) is 9.59 Å². The molecule has 0 saturated heterocycles. The Hall–Kier alpha value is -0.880. The summed E-state index contributed by atoms with van der Waals surface area (Å²) >= 11 is 4.63. The van der Waals surface area contributed by atoms with Crippen LogP contribution in [0.3, 0.4) is 0 Å². The Kier molecular flexibility index (Phi) is 5.14. The highest BCUT2D eigenvalue weighted by atomic mass is 79.9. The second-order valence-corrected chi connectivity index (χ2v) is 5.42. The molecule has 1 aromatic rings. The minimum absolute atomic E-state index is 0.0893. The summed E-state index contributed by atoms with van der Waals surface area (Å²) in [6.45, 7) is 4.21. The van der Waals surface area contributed by atoms with Crippen LogP contribution in [0.5, 0.6) is 0 Å². The van der Waals surface area contributed by atoms with Crippen LogP contribution in [0.15, 0.2) is 15.9 Å². The Morgan fingerprint density at radius 3 is 2.71 bits per heavy atom. The molecule has 1 rings (SSSR count). The van der Waals surface area contributed by atoms with Gasteiger partial charge in [-0.25, -0.2) is 0 Å². The number of hydrogen-bond acceptors (Lipinski definition) is 3. The number of hydrogen-bond donors (Lipinski definition) is 1. The van der Waals surface area contributed by atoms with Gasteiger partial charge in [0.15, 0.2) is 0 Å². The molecule has 0 radical (unpaired) electrons. The van der Waals surface area contributed by atoms with Gasteiger partial charge < -0.3 is 10.2 Å². The molecule has 2 amide bonds. The zero-order valence-electron chi connectivity index (χ0n) is 9.99. The van der Waals surface area contributed by atoms with Crippen LogP contribution < -0.4 is 5.32 Å². The third-order valence-electron chi connectivity index (χ3n) is 2.39. The van der Waals surface area contributed by atoms with Crippen molar-refractivity contribution in [2.75, 3.05) is 13.6 Å². The number of rotatable bonds is 4. The zero-order valence-corrected chi connectivity index (χ0v) is 12.4. The van der Waals surface area contributed by atoms with E-state index < -0.39 is 6.04 Å². The first kappa shape index (κ1) is 14.2. The Balaban J connectivity index is 2.64. The van der Waals surface area contributed by atoms with Gasteiger partial charge in [0, 0.05) is 18.1 Å². The van der Waals surface area contributed by atoms with Crippen molar-refractivity contribution in [2.45, 2.75) is 19.9 Å². The van der Waals surface area contributed by atoms with Crippen molar-refractivity contribution < 1.29 is 9.59 Å². The second-order valence-electron chi connectivity index (χ2n) is 3.65. The highest BCUT2D eigenvalue weighted by Crippen LogP contribution is 2.22. The van der Waals surface area contributed by atoms with Crippen LogP contribution in [-0.2, 0) is 4.79 Å². The van der Waals surface area contributed by atoms with Gasteiger partial charge >= 0.3 is 0 Å². The van der Waals surface area contributed by atoms with Crippen molar-refractivity contribution in [3.63, 3.8) is 0 Å². The number of halogens is 1. The molecule has 1 N–H and O–H groups in total. The van der Waals surface area contributed by atoms with Crippen LogP contribution in [0, 0.1) is 0 Å². The lowest BCUT2D eigenvalue weighted by Gasteiger charge is -2.20. The van der Waals surface area contributed by atoms with Crippen molar-refractivity contribution >= 4 is 39.1 Å². The van der Waals surface area contributed by atoms with Crippen LogP contribution >= 0.6 is 27.3 Å². The van der Waals surface area contributed by atoms with Gasteiger partial charge in [-0.2, -0.15) is 0 Å². The maximum Gasteiger partial charge on any atom is 0.263 e. The lowest BCUT2D eigenvalue weighted by molar-refractivity contribution is -0.131. The van der Waals surface area contributed by atoms with E-state index in [-0.39, 0.29) is 11.8 Å². The van der Waals surface area contributed by atoms with Gasteiger partial charge in [0.05, 0.1) is 0 Å². The molecule has 6 heteroatoms. The number of amides is 2. The predicted molar refractivity (Wildman–Crippen MR) is 72.3 cm³/mol. The summed E-state index contributed by atoms with van der Waals surface area (Å²) in [5.41, 5.74) is 0. The normalized spacial score (nSPS) is 12.0. The van der Waals surface area contributed by atoms with Gasteiger partial charge in [-0.05, 0) is 41.2 Å². The molecule has 1 unspecified atom stereocenters. The molecule has 0 aliphatic rings. The maximum atomic E-state index is 11.9. The summed E-state index contributed by atoms with van der Waals surface area (Å²) in [5.74, 6) is -0.314. The lowest BCUT2D eigenvalue weighted by atomic mass is 10.3. The van der Waals surface area contributed by atoms with Crippen molar-refractivity contribution in [3.05, 3.63) is 20.8 Å². The first-order valence-corrected chi connectivity index (χ1v) is 6.93. The van der Waals surface area contributed by atoms with E-state index in [1.807, 2.05) is 18.4 Å². The van der Waals surface area contributed by atoms with Crippen molar-refractivity contribution in [2.24, 2.45) is 0 Å². The second kappa shape index (κ2) is 6.16. The third kappa shape index (κ3) is 3.54. The van der Waals surface area contributed by atoms with Gasteiger partial charge in [0.25, 0.3) is 5.91 Å². The average molecular weight is 319 g/mol. The number of carbonyl (C=O) groups is 2. The molecule has 4 nitrogen and oxygen atoms in total. The van der Waals surface area contributed by atoms with Crippen molar-refractivity contribution in [1.29, 1.82) is 0 Å². The zero-order chi connectivity index (χ0) is 13.0. The summed E-state index contributed by atoms with van der Waals surface area (Å²) in [5, 5.41) is 4.51. The Morgan fingerprint density at radius 1 is 1.59 bits per heavy atom. The third-order valence-corrected chi connectivity index (χ3v) is 4.23. The molecule has 17 heavy (non-hydrogen) atoms. The minimum atomic E-state index is -0.513. The van der Waals surface area contributed by atoms with Gasteiger partial charge in [-0.15, -0.1) is 11.3 Å². The summed E-state index contributed by atoms with van der Waals surface area (Å²) in [6, 6.07) is 1.30. The number of thiophene rings is 1. The van der Waals surface area contributed by atoms with Crippen LogP contribution in [0.25, 0.3) is 0 Å². The van der Waals surface area contributed by atoms with E-state index in [0.717, 1.165) is 4.47 Å². The lowest BCUT2D eigenvalue weighted by Crippen LogP contribution is -2.45. The van der Waals surface area contributed by atoms with Crippen LogP contribution in [0.1, 0.15) is 23.5 Å². The van der Waals surface area contributed by atoms with Gasteiger partial charge in [0.2, 0.25) is 5.91 Å². The number of nitrogens with zero attached hydrogens (tertiary/aromatic N) is 1. The molecule has 0 saturated carbocycles. The molecule has 0 bridgehead atoms. The largest absolute Gasteiger partial charge is 0.344 e. The molecule has 0 spiro atoms. The highest BCUT2D eigenvalue weighted by molar-refractivity contribution is 9.10. The molecule has 0 fully saturated rings. The fourth-order valence-electron chi connectivity index (χ4n) is 1.27. The van der Waals surface area contributed by atoms with Gasteiger partial charge in [-0.3, -0.25) is 9.59 Å². The van der Waals surface area contributed by atoms with Crippen LogP contribution in [0.2, 0.25) is 0 Å². The molecular formula is C11H15BrN2O2S. The Labute approximate surface area is 113 Å².